The molecule has 1 heterocycles. The molecule has 0 spiro atoms. The fourth-order valence-electron chi connectivity index (χ4n) is 5.48. The average Bonchev–Trinajstić information content (AvgIpc) is 3.03. The summed E-state index contributed by atoms with van der Waals surface area (Å²) in [6.07, 6.45) is 1.13. The zero-order valence-corrected chi connectivity index (χ0v) is 26.2. The van der Waals surface area contributed by atoms with Gasteiger partial charge < -0.3 is 16.0 Å². The number of carbonyl (C=O) groups is 4. The van der Waals surface area contributed by atoms with Crippen molar-refractivity contribution in [1.29, 1.82) is 0 Å². The minimum atomic E-state index is -3.98. The second-order valence-electron chi connectivity index (χ2n) is 11.9. The monoisotopic (exact) mass is 619 g/mol. The smallest absolute Gasteiger partial charge is 0.320 e. The Labute approximate surface area is 257 Å². The first-order chi connectivity index (χ1) is 20.6. The van der Waals surface area contributed by atoms with Crippen LogP contribution in [-0.2, 0) is 24.4 Å². The molecule has 0 fully saturated rings. The van der Waals surface area contributed by atoms with E-state index >= 15 is 0 Å². The number of sulfonamides is 1. The quantitative estimate of drug-likeness (QED) is 0.368. The van der Waals surface area contributed by atoms with E-state index in [0.717, 1.165) is 27.8 Å². The number of primary amides is 1. The Morgan fingerprint density at radius 2 is 1.68 bits per heavy atom. The van der Waals surface area contributed by atoms with Gasteiger partial charge in [0.2, 0.25) is 22.3 Å². The lowest BCUT2D eigenvalue weighted by Gasteiger charge is -2.33. The molecule has 0 saturated heterocycles. The van der Waals surface area contributed by atoms with Crippen molar-refractivity contribution < 1.29 is 27.6 Å². The number of benzene rings is 3. The predicted molar refractivity (Wildman–Crippen MR) is 170 cm³/mol. The minimum absolute atomic E-state index is 0.0350. The molecule has 44 heavy (non-hydrogen) atoms. The van der Waals surface area contributed by atoms with Gasteiger partial charge in [0.05, 0.1) is 11.9 Å². The standard InChI is InChI=1S/C32H37N5O6S/c1-21-14-15-25-26(22-10-7-6-8-11-22)18-28(30(40)35(27(25)16-21)19-29(39)34-32(2,3)4)37(31(33)41)24-13-9-12-23(17-24)36(20-38)44(5,42)43/h6-17,20,26,28H,18-19H2,1-5H3,(H2,33,41)(H,34,39). The topological polar surface area (TPSA) is 150 Å². The lowest BCUT2D eigenvalue weighted by molar-refractivity contribution is -0.125. The Morgan fingerprint density at radius 1 is 1.02 bits per heavy atom. The molecule has 0 aromatic heterocycles. The highest BCUT2D eigenvalue weighted by atomic mass is 32.2. The van der Waals surface area contributed by atoms with Crippen LogP contribution in [0.25, 0.3) is 0 Å². The van der Waals surface area contributed by atoms with E-state index in [2.05, 4.69) is 5.32 Å². The van der Waals surface area contributed by atoms with Gasteiger partial charge in [-0.05, 0) is 75.1 Å². The summed E-state index contributed by atoms with van der Waals surface area (Å²) in [6, 6.07) is 18.7. The number of rotatable bonds is 8. The van der Waals surface area contributed by atoms with Crippen LogP contribution in [0.15, 0.2) is 72.8 Å². The average molecular weight is 620 g/mol. The zero-order chi connectivity index (χ0) is 32.4. The van der Waals surface area contributed by atoms with E-state index < -0.39 is 39.4 Å². The van der Waals surface area contributed by atoms with Crippen molar-refractivity contribution >= 4 is 51.3 Å². The maximum atomic E-state index is 14.6. The number of fused-ring (bicyclic) bond motifs is 1. The van der Waals surface area contributed by atoms with E-state index in [-0.39, 0.29) is 36.7 Å². The third-order valence-electron chi connectivity index (χ3n) is 7.24. The van der Waals surface area contributed by atoms with Gasteiger partial charge in [-0.2, -0.15) is 0 Å². The fraction of sp³-hybridized carbons (Fsp3) is 0.312. The molecule has 0 aliphatic carbocycles. The van der Waals surface area contributed by atoms with Crippen molar-refractivity contribution in [3.8, 4) is 0 Å². The van der Waals surface area contributed by atoms with Gasteiger partial charge in [-0.15, -0.1) is 0 Å². The largest absolute Gasteiger partial charge is 0.351 e. The molecular formula is C32H37N5O6S. The fourth-order valence-corrected chi connectivity index (χ4v) is 6.14. The van der Waals surface area contributed by atoms with Crippen LogP contribution in [0.2, 0.25) is 0 Å². The molecule has 232 valence electrons. The van der Waals surface area contributed by atoms with Crippen LogP contribution in [0.5, 0.6) is 0 Å². The van der Waals surface area contributed by atoms with Crippen LogP contribution in [0, 0.1) is 6.92 Å². The van der Waals surface area contributed by atoms with E-state index in [4.69, 9.17) is 5.73 Å². The summed E-state index contributed by atoms with van der Waals surface area (Å²) in [4.78, 5) is 55.2. The SMILES string of the molecule is Cc1ccc2c(c1)N(CC(=O)NC(C)(C)C)C(=O)C(N(C(N)=O)c1cccc(N(C=O)S(C)(=O)=O)c1)CC2c1ccccc1. The van der Waals surface area contributed by atoms with Gasteiger partial charge in [-0.25, -0.2) is 17.5 Å². The number of aryl methyl sites for hydroxylation is 1. The summed E-state index contributed by atoms with van der Waals surface area (Å²) in [6.45, 7) is 7.08. The van der Waals surface area contributed by atoms with Crippen molar-refractivity contribution in [3.05, 3.63) is 89.5 Å². The number of anilines is 3. The molecule has 0 bridgehead atoms. The van der Waals surface area contributed by atoms with Gasteiger partial charge in [-0.3, -0.25) is 19.3 Å². The van der Waals surface area contributed by atoms with Crippen molar-refractivity contribution in [2.45, 2.75) is 51.6 Å². The molecular weight excluding hydrogens is 582 g/mol. The summed E-state index contributed by atoms with van der Waals surface area (Å²) >= 11 is 0. The van der Waals surface area contributed by atoms with Gasteiger partial charge >= 0.3 is 6.03 Å². The first kappa shape index (κ1) is 32.2. The number of nitrogens with two attached hydrogens (primary N) is 1. The van der Waals surface area contributed by atoms with Crippen LogP contribution in [0.3, 0.4) is 0 Å². The number of nitrogens with zero attached hydrogens (tertiary/aromatic N) is 3. The van der Waals surface area contributed by atoms with E-state index in [1.54, 1.807) is 0 Å². The van der Waals surface area contributed by atoms with E-state index in [9.17, 15) is 27.6 Å². The van der Waals surface area contributed by atoms with Gasteiger partial charge in [0.15, 0.2) is 0 Å². The summed E-state index contributed by atoms with van der Waals surface area (Å²) in [5.74, 6) is -1.32. The molecule has 5 amide bonds. The number of nitrogens with one attached hydrogen (secondary N) is 1. The molecule has 0 saturated carbocycles. The number of amides is 5. The van der Waals surface area contributed by atoms with Gasteiger partial charge in [0.25, 0.3) is 5.91 Å². The Hall–Kier alpha value is -4.71. The number of carbonyl (C=O) groups excluding carboxylic acids is 4. The lowest BCUT2D eigenvalue weighted by atomic mass is 9.85. The van der Waals surface area contributed by atoms with Crippen molar-refractivity contribution in [3.63, 3.8) is 0 Å². The number of hydrogen-bond acceptors (Lipinski definition) is 6. The third-order valence-corrected chi connectivity index (χ3v) is 8.26. The molecule has 3 aromatic rings. The van der Waals surface area contributed by atoms with Crippen LogP contribution in [0.1, 0.15) is 49.8 Å². The highest BCUT2D eigenvalue weighted by Gasteiger charge is 2.41. The Morgan fingerprint density at radius 3 is 2.27 bits per heavy atom. The van der Waals surface area contributed by atoms with E-state index in [1.807, 2.05) is 76.2 Å². The molecule has 2 atom stereocenters. The van der Waals surface area contributed by atoms with Crippen LogP contribution < -0.4 is 25.2 Å². The molecule has 3 N–H and O–H groups in total. The maximum Gasteiger partial charge on any atom is 0.320 e. The third kappa shape index (κ3) is 7.08. The number of hydrogen-bond donors (Lipinski definition) is 2. The highest BCUT2D eigenvalue weighted by Crippen LogP contribution is 2.42. The van der Waals surface area contributed by atoms with Crippen LogP contribution in [-0.4, -0.2) is 57.1 Å². The summed E-state index contributed by atoms with van der Waals surface area (Å²) in [5.41, 5.74) is 8.55. The second kappa shape index (κ2) is 12.5. The molecule has 2 unspecified atom stereocenters. The maximum absolute atomic E-state index is 14.6. The van der Waals surface area contributed by atoms with Gasteiger partial charge in [0.1, 0.15) is 12.6 Å². The summed E-state index contributed by atoms with van der Waals surface area (Å²) in [5, 5.41) is 2.90. The molecule has 1 aliphatic rings. The molecule has 3 aromatic carbocycles. The Balaban J connectivity index is 1.92. The first-order valence-electron chi connectivity index (χ1n) is 14.0. The number of urea groups is 1. The molecule has 12 heteroatoms. The minimum Gasteiger partial charge on any atom is -0.351 e. The molecule has 4 rings (SSSR count). The second-order valence-corrected chi connectivity index (χ2v) is 13.8. The van der Waals surface area contributed by atoms with Gasteiger partial charge in [0, 0.05) is 22.8 Å². The first-order valence-corrected chi connectivity index (χ1v) is 15.9. The van der Waals surface area contributed by atoms with Crippen LogP contribution >= 0.6 is 0 Å². The van der Waals surface area contributed by atoms with Crippen molar-refractivity contribution in [2.24, 2.45) is 5.73 Å². The zero-order valence-electron chi connectivity index (χ0n) is 25.4. The predicted octanol–water partition coefficient (Wildman–Crippen LogP) is 3.65. The summed E-state index contributed by atoms with van der Waals surface area (Å²) in [7, 11) is -3.98. The Bertz CT molecular complexity index is 1690. The molecule has 1 aliphatic heterocycles. The van der Waals surface area contributed by atoms with Gasteiger partial charge in [-0.1, -0.05) is 48.5 Å². The van der Waals surface area contributed by atoms with E-state index in [0.29, 0.717) is 9.99 Å². The normalized spacial score (nSPS) is 16.8. The molecule has 0 radical (unpaired) electrons. The lowest BCUT2D eigenvalue weighted by Crippen LogP contribution is -2.55. The van der Waals surface area contributed by atoms with Crippen molar-refractivity contribution in [1.82, 2.24) is 5.32 Å². The highest BCUT2D eigenvalue weighted by molar-refractivity contribution is 7.92. The Kier molecular flexibility index (Phi) is 9.14. The summed E-state index contributed by atoms with van der Waals surface area (Å²) < 4.78 is 25.1. The van der Waals surface area contributed by atoms with E-state index in [1.165, 1.54) is 29.2 Å². The molecule has 11 nitrogen and oxygen atoms in total. The van der Waals surface area contributed by atoms with Crippen molar-refractivity contribution in [2.75, 3.05) is 26.9 Å². The van der Waals surface area contributed by atoms with Crippen LogP contribution in [0.4, 0.5) is 21.9 Å².